The molecule has 2 rings (SSSR count). The average Bonchev–Trinajstić information content (AvgIpc) is 2.78. The predicted octanol–water partition coefficient (Wildman–Crippen LogP) is 5.24. The molecule has 5 nitrogen and oxygen atoms in total. The van der Waals surface area contributed by atoms with Gasteiger partial charge in [-0.15, -0.1) is 0 Å². The van der Waals surface area contributed by atoms with Crippen LogP contribution in [0.5, 0.6) is 0 Å². The predicted molar refractivity (Wildman–Crippen MR) is 110 cm³/mol. The van der Waals surface area contributed by atoms with Crippen LogP contribution in [-0.2, 0) is 34.0 Å². The molecular formula is C22H21F9N2O3. The van der Waals surface area contributed by atoms with Gasteiger partial charge in [0, 0.05) is 25.8 Å². The van der Waals surface area contributed by atoms with Gasteiger partial charge >= 0.3 is 18.5 Å². The van der Waals surface area contributed by atoms with Crippen LogP contribution in [0.15, 0.2) is 42.5 Å². The number of nitrogens with one attached hydrogen (secondary N) is 2. The molecule has 0 aromatic heterocycles. The summed E-state index contributed by atoms with van der Waals surface area (Å²) < 4.78 is 125. The highest BCUT2D eigenvalue weighted by Crippen LogP contribution is 2.44. The average molecular weight is 532 g/mol. The molecule has 0 fully saturated rings. The lowest BCUT2D eigenvalue weighted by Gasteiger charge is -2.32. The second-order valence-corrected chi connectivity index (χ2v) is 7.72. The number of amides is 1. The Labute approximate surface area is 199 Å². The van der Waals surface area contributed by atoms with E-state index in [1.807, 2.05) is 0 Å². The molecule has 0 aliphatic heterocycles. The van der Waals surface area contributed by atoms with E-state index in [1.54, 1.807) is 0 Å². The van der Waals surface area contributed by atoms with Crippen molar-refractivity contribution in [2.45, 2.75) is 37.1 Å². The fourth-order valence-corrected chi connectivity index (χ4v) is 3.01. The molecule has 0 radical (unpaired) electrons. The minimum atomic E-state index is -5.64. The van der Waals surface area contributed by atoms with Crippen LogP contribution in [0, 0.1) is 0 Å². The molecule has 2 aromatic carbocycles. The third-order valence-electron chi connectivity index (χ3n) is 5.06. The molecule has 0 bridgehead atoms. The Kier molecular flexibility index (Phi) is 8.89. The Bertz CT molecular complexity index is 1000. The molecule has 3 N–H and O–H groups in total. The number of hydrogen-bond acceptors (Lipinski definition) is 4. The fourth-order valence-electron chi connectivity index (χ4n) is 3.01. The van der Waals surface area contributed by atoms with Crippen LogP contribution in [0.1, 0.15) is 28.7 Å². The van der Waals surface area contributed by atoms with Crippen molar-refractivity contribution < 1.29 is 54.2 Å². The van der Waals surface area contributed by atoms with Gasteiger partial charge in [-0.3, -0.25) is 4.79 Å². The minimum Gasteiger partial charge on any atom is -0.384 e. The summed E-state index contributed by atoms with van der Waals surface area (Å²) in [5.74, 6) is -0.311. The number of carbonyl (C=O) groups is 1. The van der Waals surface area contributed by atoms with Crippen LogP contribution >= 0.6 is 0 Å². The first-order valence-electron chi connectivity index (χ1n) is 10.1. The lowest BCUT2D eigenvalue weighted by atomic mass is 9.89. The maximum Gasteiger partial charge on any atom is 0.423 e. The van der Waals surface area contributed by atoms with Gasteiger partial charge in [0.05, 0.1) is 24.3 Å². The van der Waals surface area contributed by atoms with Crippen LogP contribution in [0.3, 0.4) is 0 Å². The van der Waals surface area contributed by atoms with Crippen molar-refractivity contribution in [1.82, 2.24) is 5.32 Å². The maximum atomic E-state index is 13.8. The fraction of sp³-hybridized carbons (Fsp3) is 0.409. The standard InChI is InChI=1S/C22H21F9N2O3/c1-36-7-6-18(34)32-11-13-2-4-17(5-3-13)33-12-19(35,22(29,30)31)14-8-15(20(23,24)25)10-16(9-14)21(26,27)28/h2-5,8-10,33,35H,6-7,11-12H2,1H3,(H,32,34)/t19-/m1/s1. The van der Waals surface area contributed by atoms with E-state index in [1.165, 1.54) is 31.4 Å². The summed E-state index contributed by atoms with van der Waals surface area (Å²) in [5.41, 5.74) is -9.18. The van der Waals surface area contributed by atoms with Gasteiger partial charge in [-0.25, -0.2) is 0 Å². The summed E-state index contributed by atoms with van der Waals surface area (Å²) in [5, 5.41) is 15.1. The number of hydrogen-bond donors (Lipinski definition) is 3. The largest absolute Gasteiger partial charge is 0.423 e. The maximum absolute atomic E-state index is 13.8. The molecule has 0 heterocycles. The summed E-state index contributed by atoms with van der Waals surface area (Å²) in [6.07, 6.45) is -16.3. The Morgan fingerprint density at radius 2 is 1.36 bits per heavy atom. The quantitative estimate of drug-likeness (QED) is 0.387. The summed E-state index contributed by atoms with van der Waals surface area (Å²) in [6.45, 7) is -1.20. The van der Waals surface area contributed by atoms with Gasteiger partial charge in [0.15, 0.2) is 0 Å². The van der Waals surface area contributed by atoms with Gasteiger partial charge in [-0.2, -0.15) is 39.5 Å². The summed E-state index contributed by atoms with van der Waals surface area (Å²) in [6, 6.07) is 4.69. The van der Waals surface area contributed by atoms with Crippen LogP contribution in [0.2, 0.25) is 0 Å². The molecule has 1 amide bonds. The van der Waals surface area contributed by atoms with Crippen molar-refractivity contribution in [1.29, 1.82) is 0 Å². The van der Waals surface area contributed by atoms with E-state index in [0.29, 0.717) is 5.56 Å². The Morgan fingerprint density at radius 1 is 0.861 bits per heavy atom. The molecular weight excluding hydrogens is 511 g/mol. The topological polar surface area (TPSA) is 70.6 Å². The number of alkyl halides is 9. The summed E-state index contributed by atoms with van der Waals surface area (Å²) in [7, 11) is 1.42. The zero-order valence-electron chi connectivity index (χ0n) is 18.5. The molecule has 2 aromatic rings. The summed E-state index contributed by atoms with van der Waals surface area (Å²) in [4.78, 5) is 11.6. The molecule has 1 atom stereocenters. The van der Waals surface area contributed by atoms with Gasteiger partial charge < -0.3 is 20.5 Å². The SMILES string of the molecule is COCCC(=O)NCc1ccc(NC[C@@](O)(c2cc(C(F)(F)F)cc(C(F)(F)F)c2)C(F)(F)F)cc1. The van der Waals surface area contributed by atoms with Crippen LogP contribution in [0.4, 0.5) is 45.2 Å². The highest BCUT2D eigenvalue weighted by Gasteiger charge is 2.56. The number of ether oxygens (including phenoxy) is 1. The van der Waals surface area contributed by atoms with Gasteiger partial charge in [-0.05, 0) is 41.5 Å². The molecule has 0 aliphatic rings. The molecule has 0 spiro atoms. The van der Waals surface area contributed by atoms with E-state index in [-0.39, 0.29) is 49.4 Å². The summed E-state index contributed by atoms with van der Waals surface area (Å²) >= 11 is 0. The first-order chi connectivity index (χ1) is 16.5. The van der Waals surface area contributed by atoms with Gasteiger partial charge in [0.2, 0.25) is 11.5 Å². The van der Waals surface area contributed by atoms with Crippen molar-refractivity contribution in [3.8, 4) is 0 Å². The molecule has 200 valence electrons. The van der Waals surface area contributed by atoms with Crippen molar-refractivity contribution >= 4 is 11.6 Å². The van der Waals surface area contributed by atoms with Crippen molar-refractivity contribution in [3.05, 3.63) is 64.7 Å². The van der Waals surface area contributed by atoms with E-state index >= 15 is 0 Å². The molecule has 0 unspecified atom stereocenters. The lowest BCUT2D eigenvalue weighted by molar-refractivity contribution is -0.261. The zero-order valence-corrected chi connectivity index (χ0v) is 18.5. The molecule has 0 saturated carbocycles. The van der Waals surface area contributed by atoms with Gasteiger partial charge in [-0.1, -0.05) is 12.1 Å². The third-order valence-corrected chi connectivity index (χ3v) is 5.06. The van der Waals surface area contributed by atoms with E-state index in [0.717, 1.165) is 0 Å². The van der Waals surface area contributed by atoms with Crippen molar-refractivity contribution in [2.24, 2.45) is 0 Å². The molecule has 0 aliphatic carbocycles. The number of carbonyl (C=O) groups excluding carboxylic acids is 1. The third kappa shape index (κ3) is 7.50. The number of halogens is 9. The van der Waals surface area contributed by atoms with Crippen LogP contribution in [-0.4, -0.2) is 37.5 Å². The second kappa shape index (κ2) is 10.9. The molecule has 36 heavy (non-hydrogen) atoms. The Balaban J connectivity index is 2.29. The van der Waals surface area contributed by atoms with Crippen molar-refractivity contribution in [2.75, 3.05) is 25.6 Å². The normalized spacial score (nSPS) is 14.3. The Hall–Kier alpha value is -3.00. The van der Waals surface area contributed by atoms with Crippen LogP contribution < -0.4 is 10.6 Å². The van der Waals surface area contributed by atoms with Crippen LogP contribution in [0.25, 0.3) is 0 Å². The van der Waals surface area contributed by atoms with E-state index in [9.17, 15) is 49.4 Å². The first kappa shape index (κ1) is 29.2. The Morgan fingerprint density at radius 3 is 1.81 bits per heavy atom. The highest BCUT2D eigenvalue weighted by molar-refractivity contribution is 5.75. The monoisotopic (exact) mass is 532 g/mol. The minimum absolute atomic E-state index is 0.0184. The zero-order chi connectivity index (χ0) is 27.4. The van der Waals surface area contributed by atoms with Crippen molar-refractivity contribution in [3.63, 3.8) is 0 Å². The lowest BCUT2D eigenvalue weighted by Crippen LogP contribution is -2.48. The van der Waals surface area contributed by atoms with Gasteiger partial charge in [0.1, 0.15) is 0 Å². The highest BCUT2D eigenvalue weighted by atomic mass is 19.4. The number of aliphatic hydroxyl groups is 1. The smallest absolute Gasteiger partial charge is 0.384 e. The van der Waals surface area contributed by atoms with E-state index in [2.05, 4.69) is 10.6 Å². The van der Waals surface area contributed by atoms with Gasteiger partial charge in [0.25, 0.3) is 0 Å². The number of benzene rings is 2. The molecule has 0 saturated heterocycles. The molecule has 14 heteroatoms. The second-order valence-electron chi connectivity index (χ2n) is 7.72. The van der Waals surface area contributed by atoms with E-state index < -0.39 is 47.4 Å². The number of methoxy groups -OCH3 is 1. The first-order valence-corrected chi connectivity index (χ1v) is 10.1. The van der Waals surface area contributed by atoms with E-state index in [4.69, 9.17) is 4.74 Å². The number of rotatable bonds is 9. The number of anilines is 1.